The first-order chi connectivity index (χ1) is 9.00. The first-order valence-electron chi connectivity index (χ1n) is 7.11. The van der Waals surface area contributed by atoms with E-state index in [4.69, 9.17) is 5.73 Å². The number of aryl methyl sites for hydroxylation is 1. The number of nitrogens with zero attached hydrogens (tertiary/aromatic N) is 1. The van der Waals surface area contributed by atoms with E-state index in [1.807, 2.05) is 43.9 Å². The van der Waals surface area contributed by atoms with Crippen LogP contribution in [0.4, 0.5) is 0 Å². The summed E-state index contributed by atoms with van der Waals surface area (Å²) in [5.74, 6) is 0.592. The zero-order valence-corrected chi connectivity index (χ0v) is 12.1. The van der Waals surface area contributed by atoms with Gasteiger partial charge in [-0.3, -0.25) is 4.79 Å². The molecule has 1 aliphatic rings. The number of hydrogen-bond donors (Lipinski definition) is 1. The van der Waals surface area contributed by atoms with Crippen molar-refractivity contribution in [2.75, 3.05) is 13.1 Å². The molecule has 0 aromatic heterocycles. The van der Waals surface area contributed by atoms with Crippen LogP contribution in [0.2, 0.25) is 0 Å². The molecular weight excluding hydrogens is 236 g/mol. The number of carbonyl (C=O) groups is 1. The van der Waals surface area contributed by atoms with Gasteiger partial charge in [0.05, 0.1) is 0 Å². The molecule has 0 aliphatic carbocycles. The Bertz CT molecular complexity index is 468. The molecule has 0 radical (unpaired) electrons. The Labute approximate surface area is 115 Å². The Morgan fingerprint density at radius 3 is 2.84 bits per heavy atom. The van der Waals surface area contributed by atoms with E-state index < -0.39 is 0 Å². The molecule has 0 saturated carbocycles. The SMILES string of the molecule is Cc1cccc(C(=O)N2CCC[C@@H]([C@@H](C)N)C2)c1C. The number of rotatable bonds is 2. The first-order valence-corrected chi connectivity index (χ1v) is 7.11. The maximum Gasteiger partial charge on any atom is 0.254 e. The van der Waals surface area contributed by atoms with Crippen molar-refractivity contribution in [1.82, 2.24) is 4.90 Å². The third kappa shape index (κ3) is 2.98. The summed E-state index contributed by atoms with van der Waals surface area (Å²) in [6.45, 7) is 7.76. The first kappa shape index (κ1) is 14.1. The van der Waals surface area contributed by atoms with E-state index >= 15 is 0 Å². The van der Waals surface area contributed by atoms with Crippen LogP contribution in [0.1, 0.15) is 41.3 Å². The van der Waals surface area contributed by atoms with E-state index in [1.165, 1.54) is 5.56 Å². The van der Waals surface area contributed by atoms with Crippen LogP contribution < -0.4 is 5.73 Å². The van der Waals surface area contributed by atoms with E-state index in [-0.39, 0.29) is 11.9 Å². The molecule has 104 valence electrons. The van der Waals surface area contributed by atoms with E-state index in [1.54, 1.807) is 0 Å². The monoisotopic (exact) mass is 260 g/mol. The molecule has 1 aliphatic heterocycles. The lowest BCUT2D eigenvalue weighted by molar-refractivity contribution is 0.0660. The van der Waals surface area contributed by atoms with Gasteiger partial charge in [-0.1, -0.05) is 12.1 Å². The standard InChI is InChI=1S/C16H24N2O/c1-11-6-4-8-15(12(11)2)16(19)18-9-5-7-14(10-18)13(3)17/h4,6,8,13-14H,5,7,9-10,17H2,1-3H3/t13-,14-/m1/s1. The van der Waals surface area contributed by atoms with E-state index in [9.17, 15) is 4.79 Å². The number of carbonyl (C=O) groups excluding carboxylic acids is 1. The number of likely N-dealkylation sites (tertiary alicyclic amines) is 1. The molecular formula is C16H24N2O. The van der Waals surface area contributed by atoms with Crippen molar-refractivity contribution in [2.45, 2.75) is 39.7 Å². The number of benzene rings is 1. The van der Waals surface area contributed by atoms with Crippen LogP contribution in [0.25, 0.3) is 0 Å². The van der Waals surface area contributed by atoms with Gasteiger partial charge in [-0.15, -0.1) is 0 Å². The van der Waals surface area contributed by atoms with Gasteiger partial charge in [0.15, 0.2) is 0 Å². The number of amides is 1. The normalized spacial score (nSPS) is 21.3. The number of nitrogens with two attached hydrogens (primary N) is 1. The largest absolute Gasteiger partial charge is 0.338 e. The molecule has 1 aromatic carbocycles. The molecule has 2 rings (SSSR count). The van der Waals surface area contributed by atoms with E-state index in [0.29, 0.717) is 5.92 Å². The summed E-state index contributed by atoms with van der Waals surface area (Å²) in [4.78, 5) is 14.6. The molecule has 1 aromatic rings. The van der Waals surface area contributed by atoms with E-state index in [0.717, 1.165) is 37.1 Å². The minimum absolute atomic E-state index is 0.159. The van der Waals surface area contributed by atoms with Gasteiger partial charge in [0, 0.05) is 24.7 Å². The summed E-state index contributed by atoms with van der Waals surface area (Å²) >= 11 is 0. The predicted molar refractivity (Wildman–Crippen MR) is 78.2 cm³/mol. The second kappa shape index (κ2) is 5.74. The molecule has 1 heterocycles. The van der Waals surface area contributed by atoms with Crippen LogP contribution >= 0.6 is 0 Å². The summed E-state index contributed by atoms with van der Waals surface area (Å²) < 4.78 is 0. The highest BCUT2D eigenvalue weighted by Crippen LogP contribution is 2.22. The Kier molecular flexibility index (Phi) is 4.25. The molecule has 0 spiro atoms. The van der Waals surface area contributed by atoms with Gasteiger partial charge < -0.3 is 10.6 Å². The van der Waals surface area contributed by atoms with E-state index in [2.05, 4.69) is 0 Å². The van der Waals surface area contributed by atoms with Crippen molar-refractivity contribution < 1.29 is 4.79 Å². The second-order valence-corrected chi connectivity index (χ2v) is 5.76. The third-order valence-corrected chi connectivity index (χ3v) is 4.32. The van der Waals surface area contributed by atoms with Gasteiger partial charge in [0.1, 0.15) is 0 Å². The Hall–Kier alpha value is -1.35. The van der Waals surface area contributed by atoms with Crippen LogP contribution in [0.3, 0.4) is 0 Å². The van der Waals surface area contributed by atoms with Crippen molar-refractivity contribution >= 4 is 5.91 Å². The summed E-state index contributed by atoms with van der Waals surface area (Å²) in [7, 11) is 0. The Balaban J connectivity index is 2.17. The van der Waals surface area contributed by atoms with Crippen LogP contribution in [0.15, 0.2) is 18.2 Å². The highest BCUT2D eigenvalue weighted by Gasteiger charge is 2.27. The third-order valence-electron chi connectivity index (χ3n) is 4.32. The van der Waals surface area contributed by atoms with Crippen LogP contribution in [-0.2, 0) is 0 Å². The highest BCUT2D eigenvalue weighted by molar-refractivity contribution is 5.96. The fourth-order valence-corrected chi connectivity index (χ4v) is 2.78. The van der Waals surface area contributed by atoms with Gasteiger partial charge in [-0.2, -0.15) is 0 Å². The summed E-state index contributed by atoms with van der Waals surface area (Å²) in [6, 6.07) is 6.10. The molecule has 19 heavy (non-hydrogen) atoms. The average Bonchev–Trinajstić information content (AvgIpc) is 2.41. The van der Waals surface area contributed by atoms with Gasteiger partial charge in [0.25, 0.3) is 5.91 Å². The molecule has 0 bridgehead atoms. The minimum Gasteiger partial charge on any atom is -0.338 e. The zero-order chi connectivity index (χ0) is 14.0. The smallest absolute Gasteiger partial charge is 0.254 e. The molecule has 3 heteroatoms. The summed E-state index contributed by atoms with van der Waals surface area (Å²) in [5.41, 5.74) is 9.09. The van der Waals surface area contributed by atoms with Gasteiger partial charge in [-0.25, -0.2) is 0 Å². The predicted octanol–water partition coefficient (Wildman–Crippen LogP) is 2.50. The molecule has 1 amide bonds. The average molecular weight is 260 g/mol. The lowest BCUT2D eigenvalue weighted by Gasteiger charge is -2.35. The maximum atomic E-state index is 12.6. The van der Waals surface area contributed by atoms with Gasteiger partial charge >= 0.3 is 0 Å². The molecule has 2 atom stereocenters. The molecule has 1 saturated heterocycles. The Morgan fingerprint density at radius 2 is 2.16 bits per heavy atom. The fraction of sp³-hybridized carbons (Fsp3) is 0.562. The van der Waals surface area contributed by atoms with Crippen LogP contribution in [-0.4, -0.2) is 29.9 Å². The lowest BCUT2D eigenvalue weighted by Crippen LogP contribution is -2.45. The van der Waals surface area contributed by atoms with Crippen molar-refractivity contribution in [3.05, 3.63) is 34.9 Å². The molecule has 0 unspecified atom stereocenters. The van der Waals surface area contributed by atoms with Crippen molar-refractivity contribution in [3.8, 4) is 0 Å². The van der Waals surface area contributed by atoms with Crippen LogP contribution in [0, 0.1) is 19.8 Å². The summed E-state index contributed by atoms with van der Waals surface area (Å²) in [5, 5.41) is 0. The zero-order valence-electron chi connectivity index (χ0n) is 12.1. The Morgan fingerprint density at radius 1 is 1.42 bits per heavy atom. The topological polar surface area (TPSA) is 46.3 Å². The maximum absolute atomic E-state index is 12.6. The quantitative estimate of drug-likeness (QED) is 0.888. The number of hydrogen-bond acceptors (Lipinski definition) is 2. The van der Waals surface area contributed by atoms with Crippen LogP contribution in [0.5, 0.6) is 0 Å². The molecule has 3 nitrogen and oxygen atoms in total. The lowest BCUT2D eigenvalue weighted by atomic mass is 9.91. The van der Waals surface area contributed by atoms with Crippen molar-refractivity contribution in [1.29, 1.82) is 0 Å². The molecule has 2 N–H and O–H groups in total. The van der Waals surface area contributed by atoms with Gasteiger partial charge in [0.2, 0.25) is 0 Å². The highest BCUT2D eigenvalue weighted by atomic mass is 16.2. The van der Waals surface area contributed by atoms with Crippen molar-refractivity contribution in [2.24, 2.45) is 11.7 Å². The minimum atomic E-state index is 0.159. The van der Waals surface area contributed by atoms with Crippen molar-refractivity contribution in [3.63, 3.8) is 0 Å². The number of piperidine rings is 1. The fourth-order valence-electron chi connectivity index (χ4n) is 2.78. The molecule has 1 fully saturated rings. The van der Waals surface area contributed by atoms with Gasteiger partial charge in [-0.05, 0) is 56.7 Å². The second-order valence-electron chi connectivity index (χ2n) is 5.76. The summed E-state index contributed by atoms with van der Waals surface area (Å²) in [6.07, 6.45) is 2.19.